The SMILES string of the molecule is C=CCOC(=O)NC(CC)C(=O)COc1cc2ccccc2cc1C(=O)OC. The van der Waals surface area contributed by atoms with Crippen molar-refractivity contribution in [2.75, 3.05) is 20.3 Å². The molecule has 2 rings (SSSR count). The van der Waals surface area contributed by atoms with Crippen LogP contribution in [-0.4, -0.2) is 44.2 Å². The predicted octanol–water partition coefficient (Wildman–Crippen LogP) is 3.27. The van der Waals surface area contributed by atoms with Crippen LogP contribution in [0.15, 0.2) is 49.1 Å². The first-order valence-electron chi connectivity index (χ1n) is 8.81. The number of ketones is 1. The number of carbonyl (C=O) groups is 3. The monoisotopic (exact) mass is 385 g/mol. The third kappa shape index (κ3) is 5.33. The average Bonchev–Trinajstić information content (AvgIpc) is 2.72. The first-order chi connectivity index (χ1) is 13.5. The van der Waals surface area contributed by atoms with E-state index in [1.165, 1.54) is 13.2 Å². The fourth-order valence-electron chi connectivity index (χ4n) is 2.59. The molecule has 7 nitrogen and oxygen atoms in total. The minimum atomic E-state index is -0.764. The Morgan fingerprint density at radius 2 is 1.86 bits per heavy atom. The van der Waals surface area contributed by atoms with Crippen molar-refractivity contribution in [1.29, 1.82) is 0 Å². The molecule has 2 aromatic carbocycles. The van der Waals surface area contributed by atoms with E-state index >= 15 is 0 Å². The van der Waals surface area contributed by atoms with Gasteiger partial charge in [-0.05, 0) is 29.3 Å². The van der Waals surface area contributed by atoms with Gasteiger partial charge in [-0.1, -0.05) is 43.8 Å². The summed E-state index contributed by atoms with van der Waals surface area (Å²) < 4.78 is 15.3. The number of hydrogen-bond acceptors (Lipinski definition) is 6. The van der Waals surface area contributed by atoms with Gasteiger partial charge in [0, 0.05) is 0 Å². The average molecular weight is 385 g/mol. The molecule has 2 aromatic rings. The lowest BCUT2D eigenvalue weighted by Crippen LogP contribution is -2.42. The Morgan fingerprint density at radius 3 is 2.46 bits per heavy atom. The Bertz CT molecular complexity index is 876. The number of hydrogen-bond donors (Lipinski definition) is 1. The van der Waals surface area contributed by atoms with Crippen LogP contribution in [0.1, 0.15) is 23.7 Å². The highest BCUT2D eigenvalue weighted by atomic mass is 16.5. The summed E-state index contributed by atoms with van der Waals surface area (Å²) in [6.07, 6.45) is 1.09. The lowest BCUT2D eigenvalue weighted by atomic mass is 10.1. The highest BCUT2D eigenvalue weighted by Gasteiger charge is 2.21. The maximum atomic E-state index is 12.4. The molecule has 0 aromatic heterocycles. The number of alkyl carbamates (subject to hydrolysis) is 1. The molecule has 0 radical (unpaired) electrons. The molecular formula is C21H23NO6. The summed E-state index contributed by atoms with van der Waals surface area (Å²) in [7, 11) is 1.28. The summed E-state index contributed by atoms with van der Waals surface area (Å²) >= 11 is 0. The van der Waals surface area contributed by atoms with E-state index in [0.29, 0.717) is 6.42 Å². The number of Topliss-reactive ketones (excluding diaryl/α,β-unsaturated/α-hetero) is 1. The minimum Gasteiger partial charge on any atom is -0.485 e. The first-order valence-corrected chi connectivity index (χ1v) is 8.81. The number of benzene rings is 2. The van der Waals surface area contributed by atoms with E-state index in [4.69, 9.17) is 14.2 Å². The molecule has 0 spiro atoms. The number of ether oxygens (including phenoxy) is 3. The van der Waals surface area contributed by atoms with Crippen LogP contribution in [0.5, 0.6) is 5.75 Å². The standard InChI is InChI=1S/C21H23NO6/c1-4-10-27-21(25)22-17(5-2)18(23)13-28-19-12-15-9-7-6-8-14(15)11-16(19)20(24)26-3/h4,6-9,11-12,17H,1,5,10,13H2,2-3H3,(H,22,25). The van der Waals surface area contributed by atoms with Gasteiger partial charge in [0.15, 0.2) is 5.78 Å². The molecule has 0 aliphatic rings. The highest BCUT2D eigenvalue weighted by molar-refractivity contribution is 5.99. The summed E-state index contributed by atoms with van der Waals surface area (Å²) in [5.74, 6) is -0.670. The van der Waals surface area contributed by atoms with Gasteiger partial charge in [-0.3, -0.25) is 4.79 Å². The molecule has 0 saturated carbocycles. The molecule has 0 bridgehead atoms. The van der Waals surface area contributed by atoms with Crippen molar-refractivity contribution in [3.05, 3.63) is 54.6 Å². The van der Waals surface area contributed by atoms with E-state index in [1.807, 2.05) is 24.3 Å². The van der Waals surface area contributed by atoms with Gasteiger partial charge in [0.1, 0.15) is 24.5 Å². The molecule has 28 heavy (non-hydrogen) atoms. The van der Waals surface area contributed by atoms with Gasteiger partial charge in [-0.15, -0.1) is 0 Å². The predicted molar refractivity (Wildman–Crippen MR) is 105 cm³/mol. The Kier molecular flexibility index (Phi) is 7.56. The van der Waals surface area contributed by atoms with Crippen LogP contribution in [0.25, 0.3) is 10.8 Å². The normalized spacial score (nSPS) is 11.4. The fourth-order valence-corrected chi connectivity index (χ4v) is 2.59. The van der Waals surface area contributed by atoms with Gasteiger partial charge in [0.25, 0.3) is 0 Å². The second-order valence-electron chi connectivity index (χ2n) is 5.93. The van der Waals surface area contributed by atoms with Crippen LogP contribution >= 0.6 is 0 Å². The van der Waals surface area contributed by atoms with Crippen LogP contribution in [0, 0.1) is 0 Å². The van der Waals surface area contributed by atoms with Crippen LogP contribution in [0.4, 0.5) is 4.79 Å². The number of esters is 1. The second-order valence-corrected chi connectivity index (χ2v) is 5.93. The largest absolute Gasteiger partial charge is 0.485 e. The second kappa shape index (κ2) is 10.1. The summed E-state index contributed by atoms with van der Waals surface area (Å²) in [6.45, 7) is 4.94. The smallest absolute Gasteiger partial charge is 0.408 e. The number of amides is 1. The minimum absolute atomic E-state index is 0.0482. The molecule has 1 N–H and O–H groups in total. The summed E-state index contributed by atoms with van der Waals surface area (Å²) in [6, 6.07) is 10.0. The first kappa shape index (κ1) is 21.0. The maximum Gasteiger partial charge on any atom is 0.408 e. The number of nitrogens with one attached hydrogen (secondary N) is 1. The molecular weight excluding hydrogens is 362 g/mol. The number of fused-ring (bicyclic) bond motifs is 1. The van der Waals surface area contributed by atoms with Gasteiger partial charge >= 0.3 is 12.1 Å². The number of methoxy groups -OCH3 is 1. The van der Waals surface area contributed by atoms with Crippen molar-refractivity contribution in [3.63, 3.8) is 0 Å². The van der Waals surface area contributed by atoms with E-state index in [2.05, 4.69) is 11.9 Å². The Labute approximate surface area is 163 Å². The van der Waals surface area contributed by atoms with Crippen LogP contribution in [0.3, 0.4) is 0 Å². The van der Waals surface area contributed by atoms with Gasteiger partial charge in [0.2, 0.25) is 0 Å². The zero-order valence-electron chi connectivity index (χ0n) is 15.9. The summed E-state index contributed by atoms with van der Waals surface area (Å²) in [5.41, 5.74) is 0.223. The zero-order chi connectivity index (χ0) is 20.5. The van der Waals surface area contributed by atoms with Gasteiger partial charge in [-0.2, -0.15) is 0 Å². The zero-order valence-corrected chi connectivity index (χ0v) is 15.9. The molecule has 0 heterocycles. The van der Waals surface area contributed by atoms with E-state index in [-0.39, 0.29) is 30.3 Å². The highest BCUT2D eigenvalue weighted by Crippen LogP contribution is 2.27. The maximum absolute atomic E-state index is 12.4. The van der Waals surface area contributed by atoms with Crippen molar-refractivity contribution >= 4 is 28.6 Å². The van der Waals surface area contributed by atoms with Crippen molar-refractivity contribution < 1.29 is 28.6 Å². The Balaban J connectivity index is 2.14. The Hall–Kier alpha value is -3.35. The number of carbonyl (C=O) groups excluding carboxylic acids is 3. The van der Waals surface area contributed by atoms with E-state index in [1.54, 1.807) is 19.1 Å². The van der Waals surface area contributed by atoms with E-state index < -0.39 is 18.1 Å². The molecule has 1 atom stereocenters. The quantitative estimate of drug-likeness (QED) is 0.526. The van der Waals surface area contributed by atoms with E-state index in [9.17, 15) is 14.4 Å². The molecule has 148 valence electrons. The third-order valence-electron chi connectivity index (χ3n) is 4.04. The molecule has 0 aliphatic heterocycles. The summed E-state index contributed by atoms with van der Waals surface area (Å²) in [5, 5.41) is 4.19. The fraction of sp³-hybridized carbons (Fsp3) is 0.286. The molecule has 0 aliphatic carbocycles. The van der Waals surface area contributed by atoms with Crippen molar-refractivity contribution in [2.24, 2.45) is 0 Å². The van der Waals surface area contributed by atoms with Crippen molar-refractivity contribution in [3.8, 4) is 5.75 Å². The summed E-state index contributed by atoms with van der Waals surface area (Å²) in [4.78, 5) is 36.2. The molecule has 1 amide bonds. The van der Waals surface area contributed by atoms with Crippen molar-refractivity contribution in [1.82, 2.24) is 5.32 Å². The number of rotatable bonds is 9. The lowest BCUT2D eigenvalue weighted by Gasteiger charge is -2.17. The molecule has 0 saturated heterocycles. The van der Waals surface area contributed by atoms with Crippen LogP contribution in [0.2, 0.25) is 0 Å². The molecule has 0 fully saturated rings. The topological polar surface area (TPSA) is 90.9 Å². The van der Waals surface area contributed by atoms with Crippen LogP contribution in [-0.2, 0) is 14.3 Å². The van der Waals surface area contributed by atoms with Gasteiger partial charge in [-0.25, -0.2) is 9.59 Å². The van der Waals surface area contributed by atoms with Gasteiger partial charge < -0.3 is 19.5 Å². The van der Waals surface area contributed by atoms with Crippen molar-refractivity contribution in [2.45, 2.75) is 19.4 Å². The van der Waals surface area contributed by atoms with Crippen LogP contribution < -0.4 is 10.1 Å². The lowest BCUT2D eigenvalue weighted by molar-refractivity contribution is -0.123. The molecule has 1 unspecified atom stereocenters. The van der Waals surface area contributed by atoms with E-state index in [0.717, 1.165) is 10.8 Å². The molecule has 7 heteroatoms. The Morgan fingerprint density at radius 1 is 1.18 bits per heavy atom. The third-order valence-corrected chi connectivity index (χ3v) is 4.04. The van der Waals surface area contributed by atoms with Gasteiger partial charge in [0.05, 0.1) is 13.2 Å².